The summed E-state index contributed by atoms with van der Waals surface area (Å²) in [5, 5.41) is 0.201. The van der Waals surface area contributed by atoms with Crippen LogP contribution in [0, 0.1) is 5.82 Å². The van der Waals surface area contributed by atoms with Crippen molar-refractivity contribution in [1.29, 1.82) is 0 Å². The molecule has 2 aromatic carbocycles. The minimum absolute atomic E-state index is 0.0900. The third kappa shape index (κ3) is 2.62. The number of anilines is 2. The number of H-pyrrole nitrogens is 2. The van der Waals surface area contributed by atoms with Crippen LogP contribution in [-0.2, 0) is 0 Å². The van der Waals surface area contributed by atoms with E-state index in [9.17, 15) is 9.18 Å². The van der Waals surface area contributed by atoms with Crippen molar-refractivity contribution in [3.05, 3.63) is 52.6 Å². The summed E-state index contributed by atoms with van der Waals surface area (Å²) in [6.07, 6.45) is 3.66. The first-order valence-corrected chi connectivity index (χ1v) is 9.47. The predicted octanol–water partition coefficient (Wildman–Crippen LogP) is 3.78. The number of piperidine rings is 1. The van der Waals surface area contributed by atoms with Crippen molar-refractivity contribution in [2.75, 3.05) is 23.7 Å². The Bertz CT molecular complexity index is 1250. The highest BCUT2D eigenvalue weighted by Crippen LogP contribution is 2.31. The maximum Gasteiger partial charge on any atom is 0.261 e. The van der Waals surface area contributed by atoms with Crippen molar-refractivity contribution in [2.24, 2.45) is 0 Å². The lowest BCUT2D eigenvalue weighted by Gasteiger charge is -2.28. The smallest absolute Gasteiger partial charge is 0.261 e. The molecule has 0 radical (unpaired) electrons. The molecule has 0 aliphatic carbocycles. The average Bonchev–Trinajstić information content (AvgIpc) is 3.11. The molecule has 28 heavy (non-hydrogen) atoms. The van der Waals surface area contributed by atoms with Crippen molar-refractivity contribution in [1.82, 2.24) is 15.0 Å². The second-order valence-electron chi connectivity index (χ2n) is 7.24. The number of nitrogens with one attached hydrogen (secondary N) is 2. The van der Waals surface area contributed by atoms with Crippen LogP contribution in [0.1, 0.15) is 19.3 Å². The molecule has 5 rings (SSSR count). The molecule has 2 aromatic heterocycles. The van der Waals surface area contributed by atoms with Gasteiger partial charge in [-0.3, -0.25) is 4.79 Å². The molecular weight excluding hydrogens is 357 g/mol. The zero-order valence-electron chi connectivity index (χ0n) is 15.3. The molecule has 7 heteroatoms. The van der Waals surface area contributed by atoms with Gasteiger partial charge in [0.15, 0.2) is 0 Å². The molecule has 142 valence electrons. The highest BCUT2D eigenvalue weighted by Gasteiger charge is 2.18. The quantitative estimate of drug-likeness (QED) is 0.496. The van der Waals surface area contributed by atoms with Gasteiger partial charge in [-0.05, 0) is 49.6 Å². The van der Waals surface area contributed by atoms with Crippen molar-refractivity contribution in [3.8, 4) is 11.4 Å². The molecule has 0 spiro atoms. The number of aromatic nitrogens is 3. The van der Waals surface area contributed by atoms with E-state index in [1.807, 2.05) is 18.2 Å². The monoisotopic (exact) mass is 377 g/mol. The van der Waals surface area contributed by atoms with Crippen molar-refractivity contribution < 1.29 is 4.39 Å². The minimum atomic E-state index is -0.476. The van der Waals surface area contributed by atoms with Crippen LogP contribution in [0.2, 0.25) is 0 Å². The molecule has 1 saturated heterocycles. The minimum Gasteiger partial charge on any atom is -0.397 e. The normalized spacial score (nSPS) is 14.8. The largest absolute Gasteiger partial charge is 0.397 e. The standard InChI is InChI=1S/C21H20FN5O/c22-13-5-4-6-15-17(13)19(23)18(21(28)26-15)20-24-14-8-7-12(11-16(14)25-20)27-9-2-1-3-10-27/h4-8,11H,1-3,9-10H2,(H,24,25)(H3,23,26,28). The lowest BCUT2D eigenvalue weighted by atomic mass is 10.1. The van der Waals surface area contributed by atoms with Gasteiger partial charge in [-0.25, -0.2) is 9.37 Å². The Labute approximate surface area is 160 Å². The van der Waals surface area contributed by atoms with Crippen molar-refractivity contribution in [3.63, 3.8) is 0 Å². The van der Waals surface area contributed by atoms with E-state index in [0.29, 0.717) is 11.3 Å². The fraction of sp³-hybridized carbons (Fsp3) is 0.238. The Morgan fingerprint density at radius 1 is 1.04 bits per heavy atom. The molecule has 0 amide bonds. The molecule has 1 aliphatic rings. The van der Waals surface area contributed by atoms with Crippen molar-refractivity contribution >= 4 is 33.3 Å². The number of aromatic amines is 2. The SMILES string of the molecule is Nc1c(-c2nc3ccc(N4CCCCC4)cc3[nH]2)c(=O)[nH]c2cccc(F)c12. The lowest BCUT2D eigenvalue weighted by molar-refractivity contribution is 0.578. The number of fused-ring (bicyclic) bond motifs is 2. The zero-order valence-corrected chi connectivity index (χ0v) is 15.3. The zero-order chi connectivity index (χ0) is 19.3. The van der Waals surface area contributed by atoms with E-state index in [1.54, 1.807) is 6.07 Å². The van der Waals surface area contributed by atoms with Crippen LogP contribution in [-0.4, -0.2) is 28.0 Å². The van der Waals surface area contributed by atoms with E-state index >= 15 is 0 Å². The third-order valence-corrected chi connectivity index (χ3v) is 5.45. The number of nitrogens with two attached hydrogens (primary N) is 1. The van der Waals surface area contributed by atoms with Gasteiger partial charge in [0.1, 0.15) is 17.2 Å². The van der Waals surface area contributed by atoms with Crippen LogP contribution in [0.15, 0.2) is 41.2 Å². The van der Waals surface area contributed by atoms with Crippen LogP contribution in [0.4, 0.5) is 15.8 Å². The Kier molecular flexibility index (Phi) is 3.82. The number of rotatable bonds is 2. The van der Waals surface area contributed by atoms with Crippen molar-refractivity contribution in [2.45, 2.75) is 19.3 Å². The van der Waals surface area contributed by atoms with Crippen LogP contribution in [0.5, 0.6) is 0 Å². The van der Waals surface area contributed by atoms with Gasteiger partial charge in [0, 0.05) is 18.8 Å². The van der Waals surface area contributed by atoms with Crippen LogP contribution >= 0.6 is 0 Å². The van der Waals surface area contributed by atoms with Gasteiger partial charge in [0.05, 0.1) is 27.6 Å². The Morgan fingerprint density at radius 3 is 2.68 bits per heavy atom. The summed E-state index contributed by atoms with van der Waals surface area (Å²) in [6, 6.07) is 10.5. The molecule has 1 aliphatic heterocycles. The molecule has 0 bridgehead atoms. The summed E-state index contributed by atoms with van der Waals surface area (Å²) < 4.78 is 14.3. The summed E-state index contributed by atoms with van der Waals surface area (Å²) in [4.78, 5) is 25.4. The van der Waals surface area contributed by atoms with Gasteiger partial charge >= 0.3 is 0 Å². The summed E-state index contributed by atoms with van der Waals surface area (Å²) in [5.74, 6) is -0.134. The van der Waals surface area contributed by atoms with E-state index in [1.165, 1.54) is 31.4 Å². The first kappa shape index (κ1) is 16.8. The highest BCUT2D eigenvalue weighted by atomic mass is 19.1. The summed E-state index contributed by atoms with van der Waals surface area (Å²) in [5.41, 5.74) is 9.11. The second-order valence-corrected chi connectivity index (χ2v) is 7.24. The van der Waals surface area contributed by atoms with Gasteiger partial charge in [-0.1, -0.05) is 6.07 Å². The molecule has 0 unspecified atom stereocenters. The second kappa shape index (κ2) is 6.37. The lowest BCUT2D eigenvalue weighted by Crippen LogP contribution is -2.29. The average molecular weight is 377 g/mol. The van der Waals surface area contributed by atoms with E-state index in [0.717, 1.165) is 29.8 Å². The highest BCUT2D eigenvalue weighted by molar-refractivity contribution is 5.98. The maximum absolute atomic E-state index is 14.3. The number of nitrogens with zero attached hydrogens (tertiary/aromatic N) is 2. The first-order chi connectivity index (χ1) is 13.6. The molecule has 3 heterocycles. The Balaban J connectivity index is 1.65. The van der Waals surface area contributed by atoms with E-state index in [-0.39, 0.29) is 16.6 Å². The van der Waals surface area contributed by atoms with E-state index in [2.05, 4.69) is 19.9 Å². The van der Waals surface area contributed by atoms with Crippen LogP contribution in [0.3, 0.4) is 0 Å². The van der Waals surface area contributed by atoms with Gasteiger partial charge in [-0.15, -0.1) is 0 Å². The van der Waals surface area contributed by atoms with Gasteiger partial charge in [0.25, 0.3) is 5.56 Å². The fourth-order valence-corrected chi connectivity index (χ4v) is 4.03. The molecule has 4 aromatic rings. The van der Waals surface area contributed by atoms with Gasteiger partial charge in [0.2, 0.25) is 0 Å². The van der Waals surface area contributed by atoms with E-state index < -0.39 is 11.4 Å². The molecule has 0 atom stereocenters. The van der Waals surface area contributed by atoms with Crippen LogP contribution < -0.4 is 16.2 Å². The number of imidazole rings is 1. The predicted molar refractivity (Wildman–Crippen MR) is 110 cm³/mol. The van der Waals surface area contributed by atoms with Gasteiger partial charge < -0.3 is 20.6 Å². The molecule has 0 saturated carbocycles. The number of hydrogen-bond donors (Lipinski definition) is 3. The van der Waals surface area contributed by atoms with E-state index in [4.69, 9.17) is 5.73 Å². The molecule has 4 N–H and O–H groups in total. The van der Waals surface area contributed by atoms with Gasteiger partial charge in [-0.2, -0.15) is 0 Å². The summed E-state index contributed by atoms with van der Waals surface area (Å²) in [6.45, 7) is 2.09. The summed E-state index contributed by atoms with van der Waals surface area (Å²) in [7, 11) is 0. The number of nitrogen functional groups attached to an aromatic ring is 1. The summed E-state index contributed by atoms with van der Waals surface area (Å²) >= 11 is 0. The maximum atomic E-state index is 14.3. The third-order valence-electron chi connectivity index (χ3n) is 5.45. The molecular formula is C21H20FN5O. The number of benzene rings is 2. The molecule has 6 nitrogen and oxygen atoms in total. The van der Waals surface area contributed by atoms with Crippen LogP contribution in [0.25, 0.3) is 33.3 Å². The fourth-order valence-electron chi connectivity index (χ4n) is 4.03. The first-order valence-electron chi connectivity index (χ1n) is 9.47. The number of hydrogen-bond acceptors (Lipinski definition) is 4. The molecule has 1 fully saturated rings. The topological polar surface area (TPSA) is 90.8 Å². The number of halogens is 1. The Hall–Kier alpha value is -3.35. The Morgan fingerprint density at radius 2 is 1.86 bits per heavy atom. The number of pyridine rings is 1.